The molecule has 2 rings (SSSR count). The molecular formula is C29H41F3O2. The van der Waals surface area contributed by atoms with Crippen LogP contribution < -0.4 is 4.74 Å². The van der Waals surface area contributed by atoms with Crippen molar-refractivity contribution in [3.63, 3.8) is 0 Å². The van der Waals surface area contributed by atoms with Gasteiger partial charge in [0.25, 0.3) is 0 Å². The Balaban J connectivity index is 1.79. The van der Waals surface area contributed by atoms with Crippen molar-refractivity contribution in [2.75, 3.05) is 6.61 Å². The van der Waals surface area contributed by atoms with Crippen molar-refractivity contribution < 1.29 is 22.6 Å². The highest BCUT2D eigenvalue weighted by molar-refractivity contribution is 5.60. The quantitative estimate of drug-likeness (QED) is 0.154. The van der Waals surface area contributed by atoms with Crippen LogP contribution in [0.2, 0.25) is 0 Å². The first kappa shape index (κ1) is 28.1. The summed E-state index contributed by atoms with van der Waals surface area (Å²) in [5.74, 6) is -1.02. The maximum absolute atomic E-state index is 14.9. The third-order valence-corrected chi connectivity index (χ3v) is 6.02. The highest BCUT2D eigenvalue weighted by Crippen LogP contribution is 2.43. The van der Waals surface area contributed by atoms with Crippen LogP contribution >= 0.6 is 0 Å². The maximum atomic E-state index is 14.9. The molecule has 34 heavy (non-hydrogen) atoms. The molecule has 190 valence electrons. The zero-order valence-corrected chi connectivity index (χ0v) is 20.7. The Morgan fingerprint density at radius 2 is 1.56 bits per heavy atom. The van der Waals surface area contributed by atoms with Gasteiger partial charge in [-0.2, -0.15) is 8.78 Å². The molecule has 0 aromatic heterocycles. The van der Waals surface area contributed by atoms with Gasteiger partial charge in [0.05, 0.1) is 6.61 Å². The van der Waals surface area contributed by atoms with Gasteiger partial charge in [-0.1, -0.05) is 89.0 Å². The van der Waals surface area contributed by atoms with Gasteiger partial charge in [0.1, 0.15) is 11.3 Å². The van der Waals surface area contributed by atoms with Crippen LogP contribution in [0.4, 0.5) is 13.2 Å². The lowest BCUT2D eigenvalue weighted by molar-refractivity contribution is -0.228. The molecule has 0 saturated heterocycles. The highest BCUT2D eigenvalue weighted by atomic mass is 19.3. The fourth-order valence-electron chi connectivity index (χ4n) is 4.09. The van der Waals surface area contributed by atoms with E-state index in [1.54, 1.807) is 0 Å². The molecule has 5 heteroatoms. The minimum atomic E-state index is -3.72. The lowest BCUT2D eigenvalue weighted by Crippen LogP contribution is -2.24. The summed E-state index contributed by atoms with van der Waals surface area (Å²) in [6.07, 6.45) is 18.1. The van der Waals surface area contributed by atoms with Crippen molar-refractivity contribution in [3.05, 3.63) is 59.6 Å². The SMILES string of the molecule is C=CCC/C=C/CCC1=Cc2ccc(OCCCCCCCCCCCC)c(F)c2C(F)(F)O1. The van der Waals surface area contributed by atoms with Gasteiger partial charge in [0.2, 0.25) is 0 Å². The average Bonchev–Trinajstić information content (AvgIpc) is 2.80. The molecule has 0 bridgehead atoms. The van der Waals surface area contributed by atoms with Crippen molar-refractivity contribution in [1.29, 1.82) is 0 Å². The molecule has 0 fully saturated rings. The van der Waals surface area contributed by atoms with Crippen LogP contribution in [0.25, 0.3) is 6.08 Å². The zero-order chi connectivity index (χ0) is 24.7. The summed E-state index contributed by atoms with van der Waals surface area (Å²) in [5, 5.41) is 0. The first-order valence-electron chi connectivity index (χ1n) is 13.0. The lowest BCUT2D eigenvalue weighted by atomic mass is 10.0. The topological polar surface area (TPSA) is 18.5 Å². The van der Waals surface area contributed by atoms with Crippen molar-refractivity contribution >= 4 is 6.08 Å². The predicted molar refractivity (Wildman–Crippen MR) is 134 cm³/mol. The van der Waals surface area contributed by atoms with Crippen LogP contribution in [-0.4, -0.2) is 6.61 Å². The zero-order valence-electron chi connectivity index (χ0n) is 20.7. The van der Waals surface area contributed by atoms with Crippen molar-refractivity contribution in [2.24, 2.45) is 0 Å². The number of benzene rings is 1. The van der Waals surface area contributed by atoms with Gasteiger partial charge in [-0.25, -0.2) is 4.39 Å². The smallest absolute Gasteiger partial charge is 0.430 e. The Labute approximate surface area is 203 Å². The maximum Gasteiger partial charge on any atom is 0.430 e. The molecular weight excluding hydrogens is 437 g/mol. The van der Waals surface area contributed by atoms with E-state index in [-0.39, 0.29) is 17.1 Å². The summed E-state index contributed by atoms with van der Waals surface area (Å²) in [7, 11) is 0. The molecule has 0 N–H and O–H groups in total. The van der Waals surface area contributed by atoms with Gasteiger partial charge < -0.3 is 9.47 Å². The number of allylic oxidation sites excluding steroid dienone is 4. The van der Waals surface area contributed by atoms with E-state index in [9.17, 15) is 13.2 Å². The Bertz CT molecular complexity index is 799. The number of rotatable bonds is 18. The van der Waals surface area contributed by atoms with Crippen LogP contribution in [0.1, 0.15) is 108 Å². The highest BCUT2D eigenvalue weighted by Gasteiger charge is 2.43. The molecule has 2 nitrogen and oxygen atoms in total. The normalized spacial score (nSPS) is 14.5. The van der Waals surface area contributed by atoms with Crippen LogP contribution in [0.5, 0.6) is 5.75 Å². The number of hydrogen-bond acceptors (Lipinski definition) is 2. The number of halogens is 3. The van der Waals surface area contributed by atoms with E-state index in [4.69, 9.17) is 9.47 Å². The summed E-state index contributed by atoms with van der Waals surface area (Å²) in [4.78, 5) is 0. The molecule has 1 aromatic carbocycles. The van der Waals surface area contributed by atoms with Crippen LogP contribution in [0.3, 0.4) is 0 Å². The molecule has 1 aliphatic heterocycles. The molecule has 0 saturated carbocycles. The van der Waals surface area contributed by atoms with Gasteiger partial charge in [0, 0.05) is 6.42 Å². The fourth-order valence-corrected chi connectivity index (χ4v) is 4.09. The molecule has 0 atom stereocenters. The Morgan fingerprint density at radius 3 is 2.24 bits per heavy atom. The average molecular weight is 479 g/mol. The fraction of sp³-hybridized carbons (Fsp3) is 0.586. The van der Waals surface area contributed by atoms with Gasteiger partial charge in [0.15, 0.2) is 11.6 Å². The molecule has 0 amide bonds. The van der Waals surface area contributed by atoms with E-state index in [1.807, 2.05) is 18.2 Å². The van der Waals surface area contributed by atoms with Gasteiger partial charge in [-0.3, -0.25) is 0 Å². The minimum absolute atomic E-state index is 0.139. The standard InChI is InChI=1S/C29H41F3O2/c1-3-5-7-9-11-12-13-14-16-18-22-33-26-21-20-24-23-25(19-17-15-10-8-6-4-2)34-29(31,32)27(24)28(26)30/h4,10,15,20-21,23H,2-3,5-9,11-14,16-19,22H2,1H3/b15-10+. The predicted octanol–water partition coefficient (Wildman–Crippen LogP) is 9.85. The first-order chi connectivity index (χ1) is 16.5. The molecule has 0 radical (unpaired) electrons. The van der Waals surface area contributed by atoms with E-state index in [0.717, 1.165) is 32.1 Å². The minimum Gasteiger partial charge on any atom is -0.491 e. The Kier molecular flexibility index (Phi) is 12.9. The van der Waals surface area contributed by atoms with Gasteiger partial charge in [-0.05, 0) is 43.4 Å². The van der Waals surface area contributed by atoms with Crippen molar-refractivity contribution in [1.82, 2.24) is 0 Å². The van der Waals surface area contributed by atoms with E-state index >= 15 is 0 Å². The molecule has 1 heterocycles. The summed E-state index contributed by atoms with van der Waals surface area (Å²) in [5.41, 5.74) is -0.593. The van der Waals surface area contributed by atoms with Gasteiger partial charge >= 0.3 is 6.11 Å². The second kappa shape index (κ2) is 15.7. The summed E-state index contributed by atoms with van der Waals surface area (Å²) in [6.45, 7) is 6.20. The third-order valence-electron chi connectivity index (χ3n) is 6.02. The van der Waals surface area contributed by atoms with Crippen LogP contribution in [0, 0.1) is 5.82 Å². The largest absolute Gasteiger partial charge is 0.491 e. The first-order valence-corrected chi connectivity index (χ1v) is 13.0. The summed E-state index contributed by atoms with van der Waals surface area (Å²) in [6, 6.07) is 2.93. The number of ether oxygens (including phenoxy) is 2. The Morgan fingerprint density at radius 1 is 0.912 bits per heavy atom. The van der Waals surface area contributed by atoms with E-state index in [1.165, 1.54) is 63.2 Å². The van der Waals surface area contributed by atoms with Crippen LogP contribution in [0.15, 0.2) is 42.7 Å². The van der Waals surface area contributed by atoms with Crippen LogP contribution in [-0.2, 0) is 10.8 Å². The monoisotopic (exact) mass is 478 g/mol. The van der Waals surface area contributed by atoms with Crippen molar-refractivity contribution in [2.45, 2.75) is 103 Å². The van der Waals surface area contributed by atoms with Gasteiger partial charge in [-0.15, -0.1) is 6.58 Å². The molecule has 0 aliphatic carbocycles. The number of fused-ring (bicyclic) bond motifs is 1. The van der Waals surface area contributed by atoms with E-state index < -0.39 is 17.5 Å². The lowest BCUT2D eigenvalue weighted by Gasteiger charge is -2.27. The molecule has 0 spiro atoms. The second-order valence-electron chi connectivity index (χ2n) is 8.98. The summed E-state index contributed by atoms with van der Waals surface area (Å²) >= 11 is 0. The second-order valence-corrected chi connectivity index (χ2v) is 8.98. The Hall–Kier alpha value is -2.17. The molecule has 0 unspecified atom stereocenters. The van der Waals surface area contributed by atoms with E-state index in [2.05, 4.69) is 13.5 Å². The number of hydrogen-bond donors (Lipinski definition) is 0. The molecule has 1 aliphatic rings. The summed E-state index contributed by atoms with van der Waals surface area (Å²) < 4.78 is 54.5. The molecule has 1 aromatic rings. The van der Waals surface area contributed by atoms with Crippen molar-refractivity contribution in [3.8, 4) is 5.75 Å². The number of alkyl halides is 2. The number of unbranched alkanes of at least 4 members (excludes halogenated alkanes) is 10. The third kappa shape index (κ3) is 9.60. The van der Waals surface area contributed by atoms with E-state index in [0.29, 0.717) is 19.4 Å².